The molecule has 136 valence electrons. The first-order valence-corrected chi connectivity index (χ1v) is 8.97. The maximum Gasteiger partial charge on any atom is 0.185 e. The van der Waals surface area contributed by atoms with E-state index in [0.29, 0.717) is 30.3 Å². The molecule has 0 atom stereocenters. The molecule has 0 amide bonds. The van der Waals surface area contributed by atoms with Crippen LogP contribution in [0, 0.1) is 0 Å². The Hall–Kier alpha value is -3.33. The number of ketones is 1. The van der Waals surface area contributed by atoms with Crippen molar-refractivity contribution in [3.8, 4) is 11.5 Å². The quantitative estimate of drug-likeness (QED) is 0.391. The van der Waals surface area contributed by atoms with Crippen LogP contribution < -0.4 is 9.47 Å². The molecule has 0 fully saturated rings. The summed E-state index contributed by atoms with van der Waals surface area (Å²) in [7, 11) is 0. The molecule has 3 aromatic carbocycles. The van der Waals surface area contributed by atoms with E-state index >= 15 is 0 Å². The molecule has 0 spiro atoms. The Morgan fingerprint density at radius 3 is 2.26 bits per heavy atom. The van der Waals surface area contributed by atoms with Crippen LogP contribution in [-0.2, 0) is 6.61 Å². The summed E-state index contributed by atoms with van der Waals surface area (Å²) in [5.41, 5.74) is 2.65. The second-order valence-corrected chi connectivity index (χ2v) is 5.98. The van der Waals surface area contributed by atoms with Gasteiger partial charge in [-0.25, -0.2) is 0 Å². The summed E-state index contributed by atoms with van der Waals surface area (Å²) in [6.07, 6.45) is 3.36. The van der Waals surface area contributed by atoms with Gasteiger partial charge in [-0.05, 0) is 36.3 Å². The van der Waals surface area contributed by atoms with E-state index in [1.54, 1.807) is 24.3 Å². The Kier molecular flexibility index (Phi) is 6.42. The predicted octanol–water partition coefficient (Wildman–Crippen LogP) is 5.56. The highest BCUT2D eigenvalue weighted by atomic mass is 16.5. The standard InChI is InChI=1S/C24H22O3/c1-2-26-24-17-19(13-15-22(25)21-11-7-4-8-12-21)14-16-23(24)27-18-20-9-5-3-6-10-20/h3-17H,2,18H2,1H3/b15-13+. The van der Waals surface area contributed by atoms with E-state index < -0.39 is 0 Å². The van der Waals surface area contributed by atoms with Crippen LogP contribution in [0.15, 0.2) is 84.9 Å². The van der Waals surface area contributed by atoms with E-state index in [-0.39, 0.29) is 5.78 Å². The normalized spacial score (nSPS) is 10.7. The third-order valence-electron chi connectivity index (χ3n) is 3.99. The average molecular weight is 358 g/mol. The number of hydrogen-bond acceptors (Lipinski definition) is 3. The molecule has 0 aromatic heterocycles. The van der Waals surface area contributed by atoms with Crippen molar-refractivity contribution in [2.75, 3.05) is 6.61 Å². The van der Waals surface area contributed by atoms with Crippen LogP contribution >= 0.6 is 0 Å². The van der Waals surface area contributed by atoms with Gasteiger partial charge in [0.2, 0.25) is 0 Å². The van der Waals surface area contributed by atoms with Gasteiger partial charge in [0.1, 0.15) is 6.61 Å². The van der Waals surface area contributed by atoms with Gasteiger partial charge in [-0.2, -0.15) is 0 Å². The van der Waals surface area contributed by atoms with Crippen LogP contribution in [0.1, 0.15) is 28.4 Å². The molecule has 0 aliphatic heterocycles. The van der Waals surface area contributed by atoms with Crippen LogP contribution in [0.5, 0.6) is 11.5 Å². The van der Waals surface area contributed by atoms with E-state index in [1.807, 2.05) is 73.7 Å². The van der Waals surface area contributed by atoms with Crippen molar-refractivity contribution in [2.45, 2.75) is 13.5 Å². The van der Waals surface area contributed by atoms with Gasteiger partial charge in [0.15, 0.2) is 17.3 Å². The topological polar surface area (TPSA) is 35.5 Å². The van der Waals surface area contributed by atoms with Gasteiger partial charge >= 0.3 is 0 Å². The molecule has 3 nitrogen and oxygen atoms in total. The Morgan fingerprint density at radius 1 is 0.852 bits per heavy atom. The molecule has 0 N–H and O–H groups in total. The fourth-order valence-electron chi connectivity index (χ4n) is 2.62. The second kappa shape index (κ2) is 9.39. The number of rotatable bonds is 8. The maximum absolute atomic E-state index is 12.2. The summed E-state index contributed by atoms with van der Waals surface area (Å²) in [5.74, 6) is 1.33. The van der Waals surface area contributed by atoms with Crippen LogP contribution in [-0.4, -0.2) is 12.4 Å². The van der Waals surface area contributed by atoms with Crippen molar-refractivity contribution in [1.82, 2.24) is 0 Å². The molecule has 0 heterocycles. The molecular formula is C24H22O3. The van der Waals surface area contributed by atoms with E-state index in [4.69, 9.17) is 9.47 Å². The van der Waals surface area contributed by atoms with Crippen LogP contribution in [0.25, 0.3) is 6.08 Å². The molecule has 0 bridgehead atoms. The van der Waals surface area contributed by atoms with Crippen LogP contribution in [0.3, 0.4) is 0 Å². The number of hydrogen-bond donors (Lipinski definition) is 0. The highest BCUT2D eigenvalue weighted by Gasteiger charge is 2.07. The largest absolute Gasteiger partial charge is 0.490 e. The van der Waals surface area contributed by atoms with E-state index in [2.05, 4.69) is 0 Å². The Bertz CT molecular complexity index is 899. The summed E-state index contributed by atoms with van der Waals surface area (Å²) in [4.78, 5) is 12.2. The summed E-state index contributed by atoms with van der Waals surface area (Å²) in [6, 6.07) is 24.9. The summed E-state index contributed by atoms with van der Waals surface area (Å²) >= 11 is 0. The fourth-order valence-corrected chi connectivity index (χ4v) is 2.62. The molecule has 0 aliphatic rings. The molecule has 3 rings (SSSR count). The summed E-state index contributed by atoms with van der Waals surface area (Å²) in [6.45, 7) is 2.95. The van der Waals surface area contributed by atoms with Crippen molar-refractivity contribution >= 4 is 11.9 Å². The Morgan fingerprint density at radius 2 is 1.56 bits per heavy atom. The van der Waals surface area contributed by atoms with Crippen LogP contribution in [0.4, 0.5) is 0 Å². The molecule has 0 radical (unpaired) electrons. The maximum atomic E-state index is 12.2. The van der Waals surface area contributed by atoms with Gasteiger partial charge in [-0.3, -0.25) is 4.79 Å². The van der Waals surface area contributed by atoms with Gasteiger partial charge in [0.25, 0.3) is 0 Å². The Balaban J connectivity index is 1.72. The third kappa shape index (κ3) is 5.32. The number of allylic oxidation sites excluding steroid dienone is 1. The number of carbonyl (C=O) groups excluding carboxylic acids is 1. The minimum absolute atomic E-state index is 0.0297. The monoisotopic (exact) mass is 358 g/mol. The molecule has 0 saturated carbocycles. The van der Waals surface area contributed by atoms with Crippen molar-refractivity contribution < 1.29 is 14.3 Å². The predicted molar refractivity (Wildman–Crippen MR) is 108 cm³/mol. The Labute approximate surface area is 159 Å². The third-order valence-corrected chi connectivity index (χ3v) is 3.99. The van der Waals surface area contributed by atoms with Gasteiger partial charge in [0, 0.05) is 5.56 Å². The van der Waals surface area contributed by atoms with Gasteiger partial charge in [0.05, 0.1) is 6.61 Å². The van der Waals surface area contributed by atoms with Gasteiger partial charge in [-0.15, -0.1) is 0 Å². The average Bonchev–Trinajstić information content (AvgIpc) is 2.73. The van der Waals surface area contributed by atoms with E-state index in [9.17, 15) is 4.79 Å². The van der Waals surface area contributed by atoms with Crippen molar-refractivity contribution in [1.29, 1.82) is 0 Å². The highest BCUT2D eigenvalue weighted by Crippen LogP contribution is 2.29. The smallest absolute Gasteiger partial charge is 0.185 e. The number of carbonyl (C=O) groups is 1. The zero-order valence-corrected chi connectivity index (χ0v) is 15.3. The molecule has 3 aromatic rings. The number of benzene rings is 3. The van der Waals surface area contributed by atoms with Crippen molar-refractivity contribution in [3.63, 3.8) is 0 Å². The zero-order chi connectivity index (χ0) is 18.9. The van der Waals surface area contributed by atoms with Gasteiger partial charge < -0.3 is 9.47 Å². The second-order valence-electron chi connectivity index (χ2n) is 5.98. The fraction of sp³-hybridized carbons (Fsp3) is 0.125. The lowest BCUT2D eigenvalue weighted by molar-refractivity contribution is 0.104. The lowest BCUT2D eigenvalue weighted by atomic mass is 10.1. The zero-order valence-electron chi connectivity index (χ0n) is 15.3. The van der Waals surface area contributed by atoms with Crippen molar-refractivity contribution in [3.05, 3.63) is 102 Å². The SMILES string of the molecule is CCOc1cc(/C=C/C(=O)c2ccccc2)ccc1OCc1ccccc1. The van der Waals surface area contributed by atoms with Crippen molar-refractivity contribution in [2.24, 2.45) is 0 Å². The molecule has 0 saturated heterocycles. The molecular weight excluding hydrogens is 336 g/mol. The lowest BCUT2D eigenvalue weighted by Crippen LogP contribution is -2.00. The van der Waals surface area contributed by atoms with E-state index in [0.717, 1.165) is 11.1 Å². The molecule has 27 heavy (non-hydrogen) atoms. The first-order chi connectivity index (χ1) is 13.3. The molecule has 3 heteroatoms. The first-order valence-electron chi connectivity index (χ1n) is 8.97. The molecule has 0 unspecified atom stereocenters. The minimum Gasteiger partial charge on any atom is -0.490 e. The summed E-state index contributed by atoms with van der Waals surface area (Å²) < 4.78 is 11.6. The highest BCUT2D eigenvalue weighted by molar-refractivity contribution is 6.06. The first kappa shape index (κ1) is 18.5. The lowest BCUT2D eigenvalue weighted by Gasteiger charge is -2.12. The summed E-state index contributed by atoms with van der Waals surface area (Å²) in [5, 5.41) is 0. The van der Waals surface area contributed by atoms with E-state index in [1.165, 1.54) is 0 Å². The van der Waals surface area contributed by atoms with Crippen LogP contribution in [0.2, 0.25) is 0 Å². The van der Waals surface area contributed by atoms with Gasteiger partial charge in [-0.1, -0.05) is 72.8 Å². The minimum atomic E-state index is -0.0297. The molecule has 0 aliphatic carbocycles. The number of ether oxygens (including phenoxy) is 2.